The Kier molecular flexibility index (Phi) is 5.20. The van der Waals surface area contributed by atoms with Crippen molar-refractivity contribution >= 4 is 22.9 Å². The van der Waals surface area contributed by atoms with Crippen LogP contribution in [0, 0.1) is 5.92 Å². The summed E-state index contributed by atoms with van der Waals surface area (Å²) in [6.07, 6.45) is 1.55. The Bertz CT molecular complexity index is 760. The lowest BCUT2D eigenvalue weighted by Crippen LogP contribution is -2.44. The van der Waals surface area contributed by atoms with Gasteiger partial charge in [-0.25, -0.2) is 9.59 Å². The average molecular weight is 319 g/mol. The van der Waals surface area contributed by atoms with E-state index in [4.69, 9.17) is 5.11 Å². The van der Waals surface area contributed by atoms with Gasteiger partial charge < -0.3 is 20.4 Å². The number of carboxylic acid groups (broad SMARTS) is 1. The van der Waals surface area contributed by atoms with E-state index in [0.717, 1.165) is 16.6 Å². The van der Waals surface area contributed by atoms with E-state index in [1.807, 2.05) is 18.2 Å². The first kappa shape index (κ1) is 16.8. The predicted molar refractivity (Wildman–Crippen MR) is 86.3 cm³/mol. The maximum absolute atomic E-state index is 11.8. The number of carboxylic acids is 1. The van der Waals surface area contributed by atoms with Gasteiger partial charge in [-0.05, 0) is 36.5 Å². The van der Waals surface area contributed by atoms with Crippen molar-refractivity contribution in [2.75, 3.05) is 0 Å². The number of carbonyl (C=O) groups excluding carboxylic acids is 1. The number of rotatable bonds is 7. The Labute approximate surface area is 133 Å². The van der Waals surface area contributed by atoms with Crippen LogP contribution in [-0.4, -0.2) is 33.0 Å². The lowest BCUT2D eigenvalue weighted by molar-refractivity contribution is -0.143. The third-order valence-electron chi connectivity index (χ3n) is 3.70. The van der Waals surface area contributed by atoms with E-state index in [-0.39, 0.29) is 23.9 Å². The molecule has 23 heavy (non-hydrogen) atoms. The summed E-state index contributed by atoms with van der Waals surface area (Å²) in [6.45, 7) is 3.51. The molecule has 2 rings (SSSR count). The van der Waals surface area contributed by atoms with E-state index in [2.05, 4.69) is 15.3 Å². The maximum Gasteiger partial charge on any atom is 0.326 e. The zero-order valence-electron chi connectivity index (χ0n) is 13.2. The third kappa shape index (κ3) is 4.45. The number of amides is 1. The van der Waals surface area contributed by atoms with E-state index in [1.165, 1.54) is 0 Å². The Morgan fingerprint density at radius 2 is 1.91 bits per heavy atom. The molecule has 0 unspecified atom stereocenters. The molecule has 0 saturated heterocycles. The minimum Gasteiger partial charge on any atom is -0.480 e. The van der Waals surface area contributed by atoms with Crippen LogP contribution in [0.15, 0.2) is 23.0 Å². The molecule has 124 valence electrons. The van der Waals surface area contributed by atoms with Gasteiger partial charge in [-0.3, -0.25) is 4.79 Å². The van der Waals surface area contributed by atoms with Crippen LogP contribution in [-0.2, 0) is 16.0 Å². The molecule has 0 radical (unpaired) electrons. The lowest BCUT2D eigenvalue weighted by Gasteiger charge is -2.17. The minimum absolute atomic E-state index is 0.163. The standard InChI is InChI=1S/C16H21N3O4/c1-9(2)14(15(21)22)19-13(20)5-3-4-10-6-7-11-12(8-10)18-16(23)17-11/h6-9,14H,3-5H2,1-2H3,(H,19,20)(H,21,22)(H2,17,18,23)/t14-/m1/s1. The monoisotopic (exact) mass is 319 g/mol. The largest absolute Gasteiger partial charge is 0.480 e. The van der Waals surface area contributed by atoms with E-state index in [1.54, 1.807) is 13.8 Å². The molecular formula is C16H21N3O4. The summed E-state index contributed by atoms with van der Waals surface area (Å²) >= 11 is 0. The van der Waals surface area contributed by atoms with E-state index in [0.29, 0.717) is 12.8 Å². The Hall–Kier alpha value is -2.57. The molecule has 0 bridgehead atoms. The fourth-order valence-corrected chi connectivity index (χ4v) is 2.45. The zero-order chi connectivity index (χ0) is 17.0. The molecule has 4 N–H and O–H groups in total. The Balaban J connectivity index is 1.86. The molecule has 7 nitrogen and oxygen atoms in total. The first-order chi connectivity index (χ1) is 10.9. The van der Waals surface area contributed by atoms with E-state index in [9.17, 15) is 14.4 Å². The first-order valence-corrected chi connectivity index (χ1v) is 7.60. The zero-order valence-corrected chi connectivity index (χ0v) is 13.2. The Morgan fingerprint density at radius 1 is 1.22 bits per heavy atom. The molecule has 0 saturated carbocycles. The summed E-state index contributed by atoms with van der Waals surface area (Å²) in [5.74, 6) is -1.44. The third-order valence-corrected chi connectivity index (χ3v) is 3.70. The van der Waals surface area contributed by atoms with Crippen molar-refractivity contribution in [3.63, 3.8) is 0 Å². The van der Waals surface area contributed by atoms with Crippen molar-refractivity contribution < 1.29 is 14.7 Å². The van der Waals surface area contributed by atoms with Crippen LogP contribution in [0.3, 0.4) is 0 Å². The number of aromatic nitrogens is 2. The van der Waals surface area contributed by atoms with Gasteiger partial charge in [-0.15, -0.1) is 0 Å². The van der Waals surface area contributed by atoms with Crippen LogP contribution >= 0.6 is 0 Å². The van der Waals surface area contributed by atoms with Crippen molar-refractivity contribution in [3.8, 4) is 0 Å². The molecular weight excluding hydrogens is 298 g/mol. The SMILES string of the molecule is CC(C)[C@@H](NC(=O)CCCc1ccc2[nH]c(=O)[nH]c2c1)C(=O)O. The number of hydrogen-bond acceptors (Lipinski definition) is 3. The second-order valence-electron chi connectivity index (χ2n) is 5.94. The van der Waals surface area contributed by atoms with Gasteiger partial charge in [0.25, 0.3) is 0 Å². The van der Waals surface area contributed by atoms with Crippen molar-refractivity contribution in [1.29, 1.82) is 0 Å². The van der Waals surface area contributed by atoms with Crippen LogP contribution < -0.4 is 11.0 Å². The van der Waals surface area contributed by atoms with Crippen LogP contribution in [0.4, 0.5) is 0 Å². The van der Waals surface area contributed by atoms with Crippen LogP contribution in [0.25, 0.3) is 11.0 Å². The van der Waals surface area contributed by atoms with Crippen LogP contribution in [0.1, 0.15) is 32.3 Å². The molecule has 1 heterocycles. The van der Waals surface area contributed by atoms with E-state index < -0.39 is 12.0 Å². The summed E-state index contributed by atoms with van der Waals surface area (Å²) in [4.78, 5) is 39.5. The molecule has 0 aliphatic carbocycles. The smallest absolute Gasteiger partial charge is 0.326 e. The second-order valence-corrected chi connectivity index (χ2v) is 5.94. The van der Waals surface area contributed by atoms with Crippen LogP contribution in [0.5, 0.6) is 0 Å². The predicted octanol–water partition coefficient (Wildman–Crippen LogP) is 1.40. The molecule has 2 aromatic rings. The van der Waals surface area contributed by atoms with Gasteiger partial charge in [0.2, 0.25) is 5.91 Å². The summed E-state index contributed by atoms with van der Waals surface area (Å²) in [7, 11) is 0. The van der Waals surface area contributed by atoms with Crippen molar-refractivity contribution in [1.82, 2.24) is 15.3 Å². The van der Waals surface area contributed by atoms with Gasteiger partial charge in [0.05, 0.1) is 11.0 Å². The van der Waals surface area contributed by atoms with Crippen molar-refractivity contribution in [3.05, 3.63) is 34.2 Å². The Morgan fingerprint density at radius 3 is 2.57 bits per heavy atom. The van der Waals surface area contributed by atoms with Crippen LogP contribution in [0.2, 0.25) is 0 Å². The number of benzene rings is 1. The fraction of sp³-hybridized carbons (Fsp3) is 0.438. The first-order valence-electron chi connectivity index (χ1n) is 7.60. The number of aliphatic carboxylic acids is 1. The molecule has 7 heteroatoms. The molecule has 1 atom stereocenters. The van der Waals surface area contributed by atoms with E-state index >= 15 is 0 Å². The van der Waals surface area contributed by atoms with Crippen molar-refractivity contribution in [2.24, 2.45) is 5.92 Å². The van der Waals surface area contributed by atoms with Crippen molar-refractivity contribution in [2.45, 2.75) is 39.2 Å². The van der Waals surface area contributed by atoms with Gasteiger partial charge in [0.15, 0.2) is 0 Å². The molecule has 0 spiro atoms. The molecule has 0 fully saturated rings. The molecule has 1 amide bonds. The molecule has 1 aromatic heterocycles. The number of hydrogen-bond donors (Lipinski definition) is 4. The highest BCUT2D eigenvalue weighted by molar-refractivity contribution is 5.83. The van der Waals surface area contributed by atoms with Gasteiger partial charge in [0.1, 0.15) is 6.04 Å². The van der Waals surface area contributed by atoms with Gasteiger partial charge in [-0.2, -0.15) is 0 Å². The quantitative estimate of drug-likeness (QED) is 0.617. The number of aryl methyl sites for hydroxylation is 1. The number of aromatic amines is 2. The number of nitrogens with one attached hydrogen (secondary N) is 3. The number of imidazole rings is 1. The number of carbonyl (C=O) groups is 2. The lowest BCUT2D eigenvalue weighted by atomic mass is 10.0. The second kappa shape index (κ2) is 7.13. The minimum atomic E-state index is -1.02. The summed E-state index contributed by atoms with van der Waals surface area (Å²) in [6, 6.07) is 4.74. The summed E-state index contributed by atoms with van der Waals surface area (Å²) < 4.78 is 0. The molecule has 1 aromatic carbocycles. The average Bonchev–Trinajstić information content (AvgIpc) is 2.83. The maximum atomic E-state index is 11.8. The summed E-state index contributed by atoms with van der Waals surface area (Å²) in [5, 5.41) is 11.6. The van der Waals surface area contributed by atoms with Gasteiger partial charge in [-0.1, -0.05) is 19.9 Å². The highest BCUT2D eigenvalue weighted by atomic mass is 16.4. The molecule has 0 aliphatic heterocycles. The van der Waals surface area contributed by atoms with Gasteiger partial charge >= 0.3 is 11.7 Å². The number of H-pyrrole nitrogens is 2. The highest BCUT2D eigenvalue weighted by Gasteiger charge is 2.22. The highest BCUT2D eigenvalue weighted by Crippen LogP contribution is 2.12. The number of fused-ring (bicyclic) bond motifs is 1. The summed E-state index contributed by atoms with van der Waals surface area (Å²) in [5.41, 5.74) is 2.25. The fourth-order valence-electron chi connectivity index (χ4n) is 2.45. The molecule has 0 aliphatic rings. The normalized spacial score (nSPS) is 12.5. The topological polar surface area (TPSA) is 115 Å². The van der Waals surface area contributed by atoms with Gasteiger partial charge in [0, 0.05) is 6.42 Å².